The molecule has 5 heteroatoms. The van der Waals surface area contributed by atoms with Gasteiger partial charge in [-0.05, 0) is 79.6 Å². The van der Waals surface area contributed by atoms with Gasteiger partial charge in [0.25, 0.3) is 0 Å². The van der Waals surface area contributed by atoms with Gasteiger partial charge in [-0.25, -0.2) is 0 Å². The molecule has 0 amide bonds. The number of aromatic nitrogens is 1. The molecule has 0 saturated carbocycles. The third-order valence-corrected chi connectivity index (χ3v) is 6.64. The van der Waals surface area contributed by atoms with Crippen LogP contribution >= 0.6 is 0 Å². The number of piperidine rings is 1. The minimum atomic E-state index is 0.220. The van der Waals surface area contributed by atoms with Gasteiger partial charge in [0.15, 0.2) is 11.5 Å². The summed E-state index contributed by atoms with van der Waals surface area (Å²) in [6.07, 6.45) is 2.47. The summed E-state index contributed by atoms with van der Waals surface area (Å²) < 4.78 is 11.0. The maximum absolute atomic E-state index is 6.07. The molecular weight excluding hydrogens is 398 g/mol. The van der Waals surface area contributed by atoms with Crippen LogP contribution in [0.4, 0.5) is 0 Å². The molecule has 1 saturated heterocycles. The van der Waals surface area contributed by atoms with Gasteiger partial charge >= 0.3 is 0 Å². The topological polar surface area (TPSA) is 63.5 Å². The van der Waals surface area contributed by atoms with Crippen molar-refractivity contribution in [3.63, 3.8) is 0 Å². The van der Waals surface area contributed by atoms with Gasteiger partial charge in [-0.3, -0.25) is 0 Å². The average Bonchev–Trinajstić information content (AvgIpc) is 3.17. The van der Waals surface area contributed by atoms with Crippen molar-refractivity contribution in [3.05, 3.63) is 47.5 Å². The average molecular weight is 436 g/mol. The molecule has 1 fully saturated rings. The minimum Gasteiger partial charge on any atom is -0.493 e. The maximum Gasteiger partial charge on any atom is 0.161 e. The lowest BCUT2D eigenvalue weighted by atomic mass is 9.88. The zero-order valence-electron chi connectivity index (χ0n) is 20.1. The Hall–Kier alpha value is -2.50. The van der Waals surface area contributed by atoms with E-state index in [-0.39, 0.29) is 6.04 Å². The molecule has 2 atom stereocenters. The van der Waals surface area contributed by atoms with Gasteiger partial charge in [-0.15, -0.1) is 0 Å². The second-order valence-corrected chi connectivity index (χ2v) is 9.52. The van der Waals surface area contributed by atoms with Crippen LogP contribution in [0.15, 0.2) is 36.4 Å². The van der Waals surface area contributed by atoms with Gasteiger partial charge in [0.05, 0.1) is 19.9 Å². The van der Waals surface area contributed by atoms with E-state index in [1.165, 1.54) is 34.9 Å². The Bertz CT molecular complexity index is 1070. The minimum absolute atomic E-state index is 0.220. The molecule has 32 heavy (non-hydrogen) atoms. The second kappa shape index (κ2) is 9.55. The lowest BCUT2D eigenvalue weighted by molar-refractivity contribution is 0.200. The number of rotatable bonds is 7. The van der Waals surface area contributed by atoms with Crippen molar-refractivity contribution < 1.29 is 9.47 Å². The third kappa shape index (κ3) is 4.50. The predicted octanol–water partition coefficient (Wildman–Crippen LogP) is 5.50. The zero-order chi connectivity index (χ0) is 22.8. The van der Waals surface area contributed by atoms with E-state index in [1.54, 1.807) is 14.2 Å². The van der Waals surface area contributed by atoms with E-state index in [0.29, 0.717) is 11.8 Å². The van der Waals surface area contributed by atoms with Gasteiger partial charge in [-0.1, -0.05) is 19.9 Å². The fourth-order valence-electron chi connectivity index (χ4n) is 5.20. The van der Waals surface area contributed by atoms with E-state index in [9.17, 15) is 0 Å². The van der Waals surface area contributed by atoms with E-state index in [0.717, 1.165) is 42.4 Å². The number of H-pyrrole nitrogens is 1. The highest BCUT2D eigenvalue weighted by Crippen LogP contribution is 2.40. The number of hydrogen-bond acceptors (Lipinski definition) is 4. The normalized spacial score (nSPS) is 18.3. The molecule has 0 bridgehead atoms. The van der Waals surface area contributed by atoms with E-state index in [4.69, 9.17) is 15.2 Å². The van der Waals surface area contributed by atoms with Crippen LogP contribution in [-0.4, -0.2) is 49.8 Å². The Labute approximate surface area is 191 Å². The van der Waals surface area contributed by atoms with E-state index in [2.05, 4.69) is 61.0 Å². The number of nitrogens with zero attached hydrogens (tertiary/aromatic N) is 1. The maximum atomic E-state index is 6.07. The first-order valence-electron chi connectivity index (χ1n) is 11.8. The fraction of sp³-hybridized carbons (Fsp3) is 0.481. The Balaban J connectivity index is 1.74. The van der Waals surface area contributed by atoms with Gasteiger partial charge < -0.3 is 25.1 Å². The molecule has 5 nitrogen and oxygen atoms in total. The molecule has 1 aliphatic rings. The summed E-state index contributed by atoms with van der Waals surface area (Å²) >= 11 is 0. The molecule has 1 aromatic heterocycles. The molecule has 1 aliphatic heterocycles. The summed E-state index contributed by atoms with van der Waals surface area (Å²) in [5, 5.41) is 1.33. The van der Waals surface area contributed by atoms with Crippen LogP contribution in [0.1, 0.15) is 56.6 Å². The van der Waals surface area contributed by atoms with Crippen LogP contribution in [0.3, 0.4) is 0 Å². The first-order chi connectivity index (χ1) is 15.4. The number of aromatic amines is 1. The number of nitrogens with two attached hydrogens (primary N) is 1. The molecular formula is C27H37N3O2. The molecule has 172 valence electrons. The Morgan fingerprint density at radius 3 is 2.53 bits per heavy atom. The standard InChI is InChI=1S/C27H37N3O2/c1-17(2)26-22-13-19(21-7-6-12-30(16-21)15-18(3)28)8-10-23(22)29-27(26)20-9-11-24(31-4)25(14-20)32-5/h8-11,13-14,17-18,21,29H,6-7,12,15-16,28H2,1-5H3. The SMILES string of the molecule is COc1ccc(-c2[nH]c3ccc(C4CCCN(CC(C)N)C4)cc3c2C(C)C)cc1OC. The van der Waals surface area contributed by atoms with Gasteiger partial charge in [0.1, 0.15) is 0 Å². The van der Waals surface area contributed by atoms with E-state index in [1.807, 2.05) is 6.07 Å². The first-order valence-corrected chi connectivity index (χ1v) is 11.8. The smallest absolute Gasteiger partial charge is 0.161 e. The summed E-state index contributed by atoms with van der Waals surface area (Å²) in [5.41, 5.74) is 12.3. The summed E-state index contributed by atoms with van der Waals surface area (Å²) in [7, 11) is 3.35. The number of ether oxygens (including phenoxy) is 2. The molecule has 2 heterocycles. The van der Waals surface area contributed by atoms with Crippen molar-refractivity contribution in [2.24, 2.45) is 5.73 Å². The van der Waals surface area contributed by atoms with Gasteiger partial charge in [0, 0.05) is 35.6 Å². The van der Waals surface area contributed by atoms with Crippen molar-refractivity contribution in [3.8, 4) is 22.8 Å². The Morgan fingerprint density at radius 2 is 1.84 bits per heavy atom. The van der Waals surface area contributed by atoms with E-state index >= 15 is 0 Å². The number of benzene rings is 2. The Morgan fingerprint density at radius 1 is 1.06 bits per heavy atom. The molecule has 3 N–H and O–H groups in total. The summed E-state index contributed by atoms with van der Waals surface area (Å²) in [5.74, 6) is 2.44. The Kier molecular flexibility index (Phi) is 6.77. The number of methoxy groups -OCH3 is 2. The van der Waals surface area contributed by atoms with E-state index < -0.39 is 0 Å². The molecule has 0 radical (unpaired) electrons. The van der Waals surface area contributed by atoms with Crippen LogP contribution in [0.5, 0.6) is 11.5 Å². The van der Waals surface area contributed by atoms with Crippen LogP contribution in [-0.2, 0) is 0 Å². The summed E-state index contributed by atoms with van der Waals surface area (Å²) in [6.45, 7) is 9.86. The van der Waals surface area contributed by atoms with Crippen LogP contribution < -0.4 is 15.2 Å². The summed E-state index contributed by atoms with van der Waals surface area (Å²) in [6, 6.07) is 13.3. The first kappa shape index (κ1) is 22.7. The zero-order valence-corrected chi connectivity index (χ0v) is 20.1. The number of fused-ring (bicyclic) bond motifs is 1. The highest BCUT2D eigenvalue weighted by atomic mass is 16.5. The van der Waals surface area contributed by atoms with Crippen LogP contribution in [0.2, 0.25) is 0 Å². The molecule has 2 unspecified atom stereocenters. The number of likely N-dealkylation sites (tertiary alicyclic amines) is 1. The van der Waals surface area contributed by atoms with Crippen molar-refractivity contribution in [2.45, 2.75) is 51.5 Å². The monoisotopic (exact) mass is 435 g/mol. The lowest BCUT2D eigenvalue weighted by Crippen LogP contribution is -2.41. The molecule has 3 aromatic rings. The highest BCUT2D eigenvalue weighted by Gasteiger charge is 2.24. The second-order valence-electron chi connectivity index (χ2n) is 9.52. The highest BCUT2D eigenvalue weighted by molar-refractivity contribution is 5.92. The number of nitrogens with one attached hydrogen (secondary N) is 1. The van der Waals surface area contributed by atoms with Crippen molar-refractivity contribution in [1.82, 2.24) is 9.88 Å². The molecule has 2 aromatic carbocycles. The third-order valence-electron chi connectivity index (χ3n) is 6.64. The number of hydrogen-bond donors (Lipinski definition) is 2. The molecule has 0 spiro atoms. The van der Waals surface area contributed by atoms with Crippen molar-refractivity contribution in [2.75, 3.05) is 33.9 Å². The van der Waals surface area contributed by atoms with Gasteiger partial charge in [0.2, 0.25) is 0 Å². The predicted molar refractivity (Wildman–Crippen MR) is 133 cm³/mol. The fourth-order valence-corrected chi connectivity index (χ4v) is 5.20. The van der Waals surface area contributed by atoms with Crippen molar-refractivity contribution >= 4 is 10.9 Å². The summed E-state index contributed by atoms with van der Waals surface area (Å²) in [4.78, 5) is 6.22. The van der Waals surface area contributed by atoms with Crippen LogP contribution in [0, 0.1) is 0 Å². The molecule has 4 rings (SSSR count). The van der Waals surface area contributed by atoms with Crippen LogP contribution in [0.25, 0.3) is 22.2 Å². The van der Waals surface area contributed by atoms with Crippen molar-refractivity contribution in [1.29, 1.82) is 0 Å². The lowest BCUT2D eigenvalue weighted by Gasteiger charge is -2.34. The quantitative estimate of drug-likeness (QED) is 0.514. The van der Waals surface area contributed by atoms with Gasteiger partial charge in [-0.2, -0.15) is 0 Å². The molecule has 0 aliphatic carbocycles. The largest absolute Gasteiger partial charge is 0.493 e.